The SMILES string of the molecule is NC(N)=NCCC[C@@H](N)C(=O)NCc1ccc(-c2ccccc2)cc1. The van der Waals surface area contributed by atoms with Crippen LogP contribution in [0.1, 0.15) is 18.4 Å². The van der Waals surface area contributed by atoms with Crippen molar-refractivity contribution in [1.82, 2.24) is 5.32 Å². The van der Waals surface area contributed by atoms with Gasteiger partial charge >= 0.3 is 0 Å². The molecule has 25 heavy (non-hydrogen) atoms. The van der Waals surface area contributed by atoms with Gasteiger partial charge in [0.1, 0.15) is 0 Å². The van der Waals surface area contributed by atoms with E-state index in [0.29, 0.717) is 25.9 Å². The highest BCUT2D eigenvalue weighted by Crippen LogP contribution is 2.19. The smallest absolute Gasteiger partial charge is 0.237 e. The molecule has 0 spiro atoms. The topological polar surface area (TPSA) is 120 Å². The summed E-state index contributed by atoms with van der Waals surface area (Å²) < 4.78 is 0. The number of hydrogen-bond donors (Lipinski definition) is 4. The molecule has 0 saturated heterocycles. The lowest BCUT2D eigenvalue weighted by atomic mass is 10.0. The molecule has 2 aromatic carbocycles. The highest BCUT2D eigenvalue weighted by atomic mass is 16.2. The number of benzene rings is 2. The van der Waals surface area contributed by atoms with E-state index in [1.807, 2.05) is 42.5 Å². The summed E-state index contributed by atoms with van der Waals surface area (Å²) in [5.41, 5.74) is 19.7. The van der Waals surface area contributed by atoms with Crippen LogP contribution in [0.25, 0.3) is 11.1 Å². The monoisotopic (exact) mass is 339 g/mol. The summed E-state index contributed by atoms with van der Waals surface area (Å²) in [6.07, 6.45) is 1.20. The van der Waals surface area contributed by atoms with Gasteiger partial charge in [0, 0.05) is 13.1 Å². The lowest BCUT2D eigenvalue weighted by Crippen LogP contribution is -2.40. The maximum atomic E-state index is 12.0. The van der Waals surface area contributed by atoms with Gasteiger partial charge in [-0.25, -0.2) is 0 Å². The Morgan fingerprint density at radius 3 is 2.28 bits per heavy atom. The minimum Gasteiger partial charge on any atom is -0.370 e. The van der Waals surface area contributed by atoms with E-state index < -0.39 is 6.04 Å². The van der Waals surface area contributed by atoms with Crippen LogP contribution in [0.2, 0.25) is 0 Å². The van der Waals surface area contributed by atoms with E-state index in [9.17, 15) is 4.79 Å². The van der Waals surface area contributed by atoms with Crippen molar-refractivity contribution >= 4 is 11.9 Å². The first kappa shape index (κ1) is 18.5. The molecular weight excluding hydrogens is 314 g/mol. The predicted octanol–water partition coefficient (Wildman–Crippen LogP) is 1.35. The van der Waals surface area contributed by atoms with Gasteiger partial charge in [0.2, 0.25) is 5.91 Å². The Hall–Kier alpha value is -2.86. The molecule has 0 heterocycles. The van der Waals surface area contributed by atoms with E-state index >= 15 is 0 Å². The minimum absolute atomic E-state index is 0.0528. The maximum absolute atomic E-state index is 12.0. The van der Waals surface area contributed by atoms with Gasteiger partial charge in [0.05, 0.1) is 6.04 Å². The molecule has 1 atom stereocenters. The Morgan fingerprint density at radius 1 is 1.00 bits per heavy atom. The van der Waals surface area contributed by atoms with E-state index in [4.69, 9.17) is 17.2 Å². The van der Waals surface area contributed by atoms with Crippen LogP contribution in [-0.2, 0) is 11.3 Å². The number of nitrogens with zero attached hydrogens (tertiary/aromatic N) is 1. The van der Waals surface area contributed by atoms with Gasteiger partial charge < -0.3 is 22.5 Å². The summed E-state index contributed by atoms with van der Waals surface area (Å²) in [5, 5.41) is 2.86. The molecule has 0 fully saturated rings. The lowest BCUT2D eigenvalue weighted by molar-refractivity contribution is -0.122. The van der Waals surface area contributed by atoms with Crippen LogP contribution in [0.4, 0.5) is 0 Å². The zero-order valence-corrected chi connectivity index (χ0v) is 14.2. The Labute approximate surface area is 148 Å². The van der Waals surface area contributed by atoms with Crippen LogP contribution < -0.4 is 22.5 Å². The van der Waals surface area contributed by atoms with E-state index in [0.717, 1.165) is 11.1 Å². The number of nitrogens with two attached hydrogens (primary N) is 3. The third-order valence-electron chi connectivity index (χ3n) is 3.83. The molecule has 0 radical (unpaired) electrons. The molecule has 0 aliphatic rings. The van der Waals surface area contributed by atoms with Crippen LogP contribution in [-0.4, -0.2) is 24.5 Å². The second kappa shape index (κ2) is 9.44. The summed E-state index contributed by atoms with van der Waals surface area (Å²) in [4.78, 5) is 15.9. The van der Waals surface area contributed by atoms with Crippen molar-refractivity contribution in [2.45, 2.75) is 25.4 Å². The van der Waals surface area contributed by atoms with Gasteiger partial charge in [-0.2, -0.15) is 0 Å². The summed E-state index contributed by atoms with van der Waals surface area (Å²) in [6.45, 7) is 0.930. The van der Waals surface area contributed by atoms with Gasteiger partial charge in [0.25, 0.3) is 0 Å². The molecule has 2 aromatic rings. The number of rotatable bonds is 8. The van der Waals surface area contributed by atoms with Crippen molar-refractivity contribution in [2.75, 3.05) is 6.54 Å². The van der Waals surface area contributed by atoms with Gasteiger partial charge in [-0.3, -0.25) is 9.79 Å². The van der Waals surface area contributed by atoms with Crippen molar-refractivity contribution in [3.05, 3.63) is 60.2 Å². The fourth-order valence-corrected chi connectivity index (χ4v) is 2.42. The van der Waals surface area contributed by atoms with Gasteiger partial charge in [0.15, 0.2) is 5.96 Å². The number of carbonyl (C=O) groups is 1. The van der Waals surface area contributed by atoms with Gasteiger partial charge in [-0.05, 0) is 29.5 Å². The van der Waals surface area contributed by atoms with Crippen LogP contribution in [0.5, 0.6) is 0 Å². The zero-order chi connectivity index (χ0) is 18.1. The van der Waals surface area contributed by atoms with Crippen molar-refractivity contribution in [3.63, 3.8) is 0 Å². The Balaban J connectivity index is 1.78. The first-order valence-electron chi connectivity index (χ1n) is 8.29. The fraction of sp³-hybridized carbons (Fsp3) is 0.263. The Kier molecular flexibility index (Phi) is 6.98. The molecule has 0 bridgehead atoms. The number of aliphatic imine (C=N–C) groups is 1. The quantitative estimate of drug-likeness (QED) is 0.330. The van der Waals surface area contributed by atoms with E-state index in [-0.39, 0.29) is 11.9 Å². The molecule has 6 nitrogen and oxygen atoms in total. The van der Waals surface area contributed by atoms with Gasteiger partial charge in [-0.15, -0.1) is 0 Å². The highest BCUT2D eigenvalue weighted by molar-refractivity contribution is 5.81. The van der Waals surface area contributed by atoms with Gasteiger partial charge in [-0.1, -0.05) is 54.6 Å². The molecule has 1 amide bonds. The second-order valence-electron chi connectivity index (χ2n) is 5.84. The average molecular weight is 339 g/mol. The number of hydrogen-bond acceptors (Lipinski definition) is 3. The molecular formula is C19H25N5O. The number of guanidine groups is 1. The molecule has 0 aliphatic carbocycles. The fourth-order valence-electron chi connectivity index (χ4n) is 2.42. The third-order valence-corrected chi connectivity index (χ3v) is 3.83. The molecule has 2 rings (SSSR count). The van der Waals surface area contributed by atoms with Crippen molar-refractivity contribution < 1.29 is 4.79 Å². The van der Waals surface area contributed by atoms with Crippen molar-refractivity contribution in [3.8, 4) is 11.1 Å². The van der Waals surface area contributed by atoms with E-state index in [2.05, 4.69) is 22.4 Å². The van der Waals surface area contributed by atoms with Crippen molar-refractivity contribution in [2.24, 2.45) is 22.2 Å². The van der Waals surface area contributed by atoms with Crippen LogP contribution in [0, 0.1) is 0 Å². The number of amides is 1. The summed E-state index contributed by atoms with van der Waals surface area (Å²) in [7, 11) is 0. The zero-order valence-electron chi connectivity index (χ0n) is 14.2. The Bertz CT molecular complexity index is 694. The molecule has 0 aliphatic heterocycles. The second-order valence-corrected chi connectivity index (χ2v) is 5.84. The molecule has 132 valence electrons. The van der Waals surface area contributed by atoms with Crippen LogP contribution >= 0.6 is 0 Å². The largest absolute Gasteiger partial charge is 0.370 e. The highest BCUT2D eigenvalue weighted by Gasteiger charge is 2.12. The van der Waals surface area contributed by atoms with E-state index in [1.54, 1.807) is 0 Å². The average Bonchev–Trinajstić information content (AvgIpc) is 2.64. The number of nitrogens with one attached hydrogen (secondary N) is 1. The molecule has 0 aromatic heterocycles. The van der Waals surface area contributed by atoms with Crippen LogP contribution in [0.3, 0.4) is 0 Å². The normalized spacial score (nSPS) is 11.6. The first-order valence-corrected chi connectivity index (χ1v) is 8.29. The lowest BCUT2D eigenvalue weighted by Gasteiger charge is -2.12. The third kappa shape index (κ3) is 6.27. The molecule has 6 heteroatoms. The first-order chi connectivity index (χ1) is 12.1. The Morgan fingerprint density at radius 2 is 1.64 bits per heavy atom. The minimum atomic E-state index is -0.558. The maximum Gasteiger partial charge on any atom is 0.237 e. The summed E-state index contributed by atoms with van der Waals surface area (Å²) in [5.74, 6) is -0.117. The number of carbonyl (C=O) groups excluding carboxylic acids is 1. The summed E-state index contributed by atoms with van der Waals surface area (Å²) >= 11 is 0. The van der Waals surface area contributed by atoms with E-state index in [1.165, 1.54) is 5.56 Å². The summed E-state index contributed by atoms with van der Waals surface area (Å²) in [6, 6.07) is 17.7. The molecule has 0 unspecified atom stereocenters. The predicted molar refractivity (Wildman–Crippen MR) is 102 cm³/mol. The standard InChI is InChI=1S/C19H25N5O/c20-17(7-4-12-23-19(21)22)18(25)24-13-14-8-10-16(11-9-14)15-5-2-1-3-6-15/h1-3,5-6,8-11,17H,4,7,12-13,20H2,(H,24,25)(H4,21,22,23)/t17-/m1/s1. The van der Waals surface area contributed by atoms with Crippen molar-refractivity contribution in [1.29, 1.82) is 0 Å². The molecule has 7 N–H and O–H groups in total. The molecule has 0 saturated carbocycles. The van der Waals surface area contributed by atoms with Crippen LogP contribution in [0.15, 0.2) is 59.6 Å².